The third kappa shape index (κ3) is 5.79. The van der Waals surface area contributed by atoms with E-state index >= 15 is 0 Å². The quantitative estimate of drug-likeness (QED) is 0.271. The summed E-state index contributed by atoms with van der Waals surface area (Å²) in [5.41, 5.74) is 0.428. The maximum absolute atomic E-state index is 14.8. The molecule has 0 spiro atoms. The molecule has 1 saturated carbocycles. The molecule has 0 bridgehead atoms. The van der Waals surface area contributed by atoms with Crippen molar-refractivity contribution in [1.82, 2.24) is 0 Å². The van der Waals surface area contributed by atoms with Crippen molar-refractivity contribution in [2.75, 3.05) is 0 Å². The average Bonchev–Trinajstić information content (AvgIpc) is 3.65. The van der Waals surface area contributed by atoms with Crippen LogP contribution in [-0.2, 0) is 11.2 Å². The molecule has 0 unspecified atom stereocenters. The van der Waals surface area contributed by atoms with Gasteiger partial charge in [-0.25, -0.2) is 9.18 Å². The largest absolute Gasteiger partial charge is 0.618 e. The molecule has 4 rings (SSSR count). The average molecular weight is 520 g/mol. The van der Waals surface area contributed by atoms with Gasteiger partial charge in [0.15, 0.2) is 17.8 Å². The van der Waals surface area contributed by atoms with E-state index in [9.17, 15) is 28.0 Å². The minimum Gasteiger partial charge on any atom is -0.618 e. The maximum atomic E-state index is 14.8. The van der Waals surface area contributed by atoms with E-state index in [2.05, 4.69) is 4.74 Å². The number of aromatic carboxylic acids is 1. The van der Waals surface area contributed by atoms with Gasteiger partial charge in [-0.05, 0) is 48.2 Å². The standard InChI is InChI=1S/C26H21ClF3NO5/c27-19-8-10-22(36-26(29)30)23(24(19)28)17-7-9-20(31(35)13-17)18(11-14-1-2-14)21(32)12-15-3-5-16(6-4-15)25(33)34/h3-10,13-14,18,26H,1-2,11-12H2,(H,33,34)/t18-/m1/s1. The highest BCUT2D eigenvalue weighted by Gasteiger charge is 2.35. The van der Waals surface area contributed by atoms with Gasteiger partial charge in [-0.3, -0.25) is 4.79 Å². The van der Waals surface area contributed by atoms with Gasteiger partial charge in [-0.15, -0.1) is 0 Å². The van der Waals surface area contributed by atoms with Crippen LogP contribution in [0.3, 0.4) is 0 Å². The number of carboxylic acids is 1. The van der Waals surface area contributed by atoms with Crippen LogP contribution in [0.1, 0.15) is 46.8 Å². The van der Waals surface area contributed by atoms with E-state index in [1.54, 1.807) is 12.1 Å². The number of aromatic nitrogens is 1. The SMILES string of the molecule is O=C(O)c1ccc(CC(=O)[C@H](CC2CC2)c2ccc(-c3c(OC(F)F)ccc(Cl)c3F)c[n+]2[O-])cc1. The van der Waals surface area contributed by atoms with Crippen molar-refractivity contribution in [3.05, 3.63) is 87.6 Å². The number of hydrogen-bond acceptors (Lipinski definition) is 4. The minimum atomic E-state index is -3.21. The predicted molar refractivity (Wildman–Crippen MR) is 125 cm³/mol. The number of ether oxygens (including phenoxy) is 1. The van der Waals surface area contributed by atoms with Gasteiger partial charge >= 0.3 is 12.6 Å². The zero-order chi connectivity index (χ0) is 26.0. The molecular weight excluding hydrogens is 499 g/mol. The number of alkyl halides is 2. The number of halogens is 4. The number of carbonyl (C=O) groups is 2. The number of pyridine rings is 1. The zero-order valence-corrected chi connectivity index (χ0v) is 19.6. The Bertz CT molecular complexity index is 1300. The predicted octanol–water partition coefficient (Wildman–Crippen LogP) is 5.77. The number of nitrogens with zero attached hydrogens (tertiary/aromatic N) is 1. The summed E-state index contributed by atoms with van der Waals surface area (Å²) in [7, 11) is 0. The van der Waals surface area contributed by atoms with E-state index < -0.39 is 30.1 Å². The maximum Gasteiger partial charge on any atom is 0.387 e. The molecule has 6 nitrogen and oxygen atoms in total. The first kappa shape index (κ1) is 25.5. The summed E-state index contributed by atoms with van der Waals surface area (Å²) >= 11 is 5.82. The molecule has 1 aliphatic carbocycles. The molecule has 1 fully saturated rings. The van der Waals surface area contributed by atoms with Crippen LogP contribution in [0.15, 0.2) is 54.7 Å². The molecule has 0 radical (unpaired) electrons. The van der Waals surface area contributed by atoms with Crippen molar-refractivity contribution in [1.29, 1.82) is 0 Å². The van der Waals surface area contributed by atoms with Crippen LogP contribution in [0.4, 0.5) is 13.2 Å². The van der Waals surface area contributed by atoms with E-state index in [1.165, 1.54) is 24.3 Å². The summed E-state index contributed by atoms with van der Waals surface area (Å²) in [6, 6.07) is 10.8. The van der Waals surface area contributed by atoms with Crippen LogP contribution < -0.4 is 9.47 Å². The fourth-order valence-electron chi connectivity index (χ4n) is 4.10. The summed E-state index contributed by atoms with van der Waals surface area (Å²) in [5, 5.41) is 21.7. The van der Waals surface area contributed by atoms with Crippen molar-refractivity contribution in [2.24, 2.45) is 5.92 Å². The van der Waals surface area contributed by atoms with Gasteiger partial charge < -0.3 is 15.1 Å². The Labute approximate surface area is 209 Å². The molecule has 0 saturated heterocycles. The Hall–Kier alpha value is -3.59. The summed E-state index contributed by atoms with van der Waals surface area (Å²) in [6.07, 6.45) is 3.34. The van der Waals surface area contributed by atoms with E-state index in [0.29, 0.717) is 22.6 Å². The van der Waals surface area contributed by atoms with Gasteiger partial charge in [-0.2, -0.15) is 13.5 Å². The Morgan fingerprint density at radius 2 is 1.81 bits per heavy atom. The van der Waals surface area contributed by atoms with Crippen molar-refractivity contribution in [2.45, 2.75) is 38.2 Å². The highest BCUT2D eigenvalue weighted by molar-refractivity contribution is 6.31. The molecule has 2 aromatic carbocycles. The molecule has 188 valence electrons. The summed E-state index contributed by atoms with van der Waals surface area (Å²) in [4.78, 5) is 24.3. The monoisotopic (exact) mass is 519 g/mol. The fraction of sp³-hybridized carbons (Fsp3) is 0.269. The number of carbonyl (C=O) groups excluding carboxylic acids is 1. The van der Waals surface area contributed by atoms with E-state index in [4.69, 9.17) is 16.7 Å². The molecule has 10 heteroatoms. The van der Waals surface area contributed by atoms with Gasteiger partial charge in [0, 0.05) is 12.5 Å². The zero-order valence-electron chi connectivity index (χ0n) is 18.8. The minimum absolute atomic E-state index is 0.00562. The van der Waals surface area contributed by atoms with Crippen LogP contribution >= 0.6 is 11.6 Å². The lowest BCUT2D eigenvalue weighted by Gasteiger charge is -2.17. The highest BCUT2D eigenvalue weighted by atomic mass is 35.5. The van der Waals surface area contributed by atoms with Crippen molar-refractivity contribution < 1.29 is 37.3 Å². The van der Waals surface area contributed by atoms with Gasteiger partial charge in [0.25, 0.3) is 0 Å². The molecule has 1 atom stereocenters. The Morgan fingerprint density at radius 1 is 1.11 bits per heavy atom. The molecule has 1 N–H and O–H groups in total. The Morgan fingerprint density at radius 3 is 2.39 bits per heavy atom. The molecule has 0 aliphatic heterocycles. The van der Waals surface area contributed by atoms with Gasteiger partial charge in [0.05, 0.1) is 21.7 Å². The normalized spacial score (nSPS) is 14.0. The lowest BCUT2D eigenvalue weighted by Crippen LogP contribution is -2.36. The second kappa shape index (κ2) is 10.6. The third-order valence-electron chi connectivity index (χ3n) is 6.10. The molecule has 1 aromatic heterocycles. The number of hydrogen-bond donors (Lipinski definition) is 1. The highest BCUT2D eigenvalue weighted by Crippen LogP contribution is 2.40. The van der Waals surface area contributed by atoms with Gasteiger partial charge in [-0.1, -0.05) is 36.6 Å². The Kier molecular flexibility index (Phi) is 7.49. The molecule has 1 aliphatic rings. The third-order valence-corrected chi connectivity index (χ3v) is 6.39. The fourth-order valence-corrected chi connectivity index (χ4v) is 4.26. The Balaban J connectivity index is 1.65. The molecule has 3 aromatic rings. The van der Waals surface area contributed by atoms with Crippen molar-refractivity contribution in [3.63, 3.8) is 0 Å². The summed E-state index contributed by atoms with van der Waals surface area (Å²) in [5.74, 6) is -3.25. The van der Waals surface area contributed by atoms with Crippen LogP contribution in [0, 0.1) is 16.9 Å². The number of benzene rings is 2. The number of carboxylic acid groups (broad SMARTS) is 1. The first-order valence-electron chi connectivity index (χ1n) is 11.1. The number of Topliss-reactive ketones (excluding diaryl/α,β-unsaturated/α-hetero) is 1. The van der Waals surface area contributed by atoms with Crippen LogP contribution in [0.5, 0.6) is 5.75 Å². The molecule has 0 amide bonds. The lowest BCUT2D eigenvalue weighted by atomic mass is 9.89. The van der Waals surface area contributed by atoms with E-state index in [-0.39, 0.29) is 39.6 Å². The van der Waals surface area contributed by atoms with Crippen LogP contribution in [-0.4, -0.2) is 23.5 Å². The van der Waals surface area contributed by atoms with Crippen LogP contribution in [0.2, 0.25) is 5.02 Å². The van der Waals surface area contributed by atoms with Gasteiger partial charge in [0.1, 0.15) is 11.7 Å². The molecule has 36 heavy (non-hydrogen) atoms. The second-order valence-corrected chi connectivity index (χ2v) is 9.07. The number of rotatable bonds is 10. The molecule has 1 heterocycles. The lowest BCUT2D eigenvalue weighted by molar-refractivity contribution is -0.614. The van der Waals surface area contributed by atoms with E-state index in [1.807, 2.05) is 0 Å². The van der Waals surface area contributed by atoms with Crippen molar-refractivity contribution >= 4 is 23.4 Å². The topological polar surface area (TPSA) is 90.5 Å². The van der Waals surface area contributed by atoms with Gasteiger partial charge in [0.2, 0.25) is 5.69 Å². The molecular formula is C26H21ClF3NO5. The van der Waals surface area contributed by atoms with Crippen LogP contribution in [0.25, 0.3) is 11.1 Å². The van der Waals surface area contributed by atoms with E-state index in [0.717, 1.165) is 31.2 Å². The first-order chi connectivity index (χ1) is 17.1. The smallest absolute Gasteiger partial charge is 0.387 e. The summed E-state index contributed by atoms with van der Waals surface area (Å²) in [6.45, 7) is -3.21. The number of ketones is 1. The summed E-state index contributed by atoms with van der Waals surface area (Å²) < 4.78 is 45.3. The first-order valence-corrected chi connectivity index (χ1v) is 11.5. The van der Waals surface area contributed by atoms with Crippen molar-refractivity contribution in [3.8, 4) is 16.9 Å². The second-order valence-electron chi connectivity index (χ2n) is 8.66.